The molecular weight excluding hydrogens is 310 g/mol. The number of piperazine rings is 1. The molecule has 132 valence electrons. The number of amides is 1. The first kappa shape index (κ1) is 17.5. The number of nitrogens with zero attached hydrogens (tertiary/aromatic N) is 2. The van der Waals surface area contributed by atoms with Gasteiger partial charge in [0.1, 0.15) is 0 Å². The lowest BCUT2D eigenvalue weighted by Crippen LogP contribution is -2.53. The van der Waals surface area contributed by atoms with Gasteiger partial charge in [-0.15, -0.1) is 0 Å². The van der Waals surface area contributed by atoms with Gasteiger partial charge in [-0.05, 0) is 30.5 Å². The molecule has 3 rings (SSSR count). The van der Waals surface area contributed by atoms with Crippen LogP contribution in [0.25, 0.3) is 0 Å². The Hall–Kier alpha value is -2.33. The Balaban J connectivity index is 1.51. The maximum Gasteiger partial charge on any atom is 0.223 e. The molecule has 0 bridgehead atoms. The number of hydrogen-bond acceptors (Lipinski definition) is 3. The molecule has 25 heavy (non-hydrogen) atoms. The van der Waals surface area contributed by atoms with Gasteiger partial charge in [0.2, 0.25) is 5.91 Å². The van der Waals surface area contributed by atoms with Gasteiger partial charge in [-0.2, -0.15) is 0 Å². The average molecular weight is 337 g/mol. The van der Waals surface area contributed by atoms with E-state index in [1.54, 1.807) is 0 Å². The van der Waals surface area contributed by atoms with Crippen LogP contribution in [0.15, 0.2) is 54.6 Å². The third-order valence-electron chi connectivity index (χ3n) is 4.94. The van der Waals surface area contributed by atoms with Gasteiger partial charge in [-0.1, -0.05) is 48.5 Å². The van der Waals surface area contributed by atoms with Gasteiger partial charge in [0, 0.05) is 44.3 Å². The number of carbonyl (C=O) groups is 1. The summed E-state index contributed by atoms with van der Waals surface area (Å²) in [6.07, 6.45) is 1.24. The summed E-state index contributed by atoms with van der Waals surface area (Å²) in [5, 5.41) is 0. The van der Waals surface area contributed by atoms with Gasteiger partial charge in [0.25, 0.3) is 0 Å². The van der Waals surface area contributed by atoms with Crippen molar-refractivity contribution in [2.75, 3.05) is 25.4 Å². The number of carbonyl (C=O) groups excluding carboxylic acids is 1. The lowest BCUT2D eigenvalue weighted by Gasteiger charge is -2.40. The van der Waals surface area contributed by atoms with Gasteiger partial charge >= 0.3 is 0 Å². The number of hydrogen-bond donors (Lipinski definition) is 1. The van der Waals surface area contributed by atoms with Crippen LogP contribution in [-0.2, 0) is 17.8 Å². The molecule has 1 saturated heterocycles. The van der Waals surface area contributed by atoms with Gasteiger partial charge < -0.3 is 10.6 Å². The minimum absolute atomic E-state index is 0.232. The summed E-state index contributed by atoms with van der Waals surface area (Å²) in [4.78, 5) is 17.1. The highest BCUT2D eigenvalue weighted by Gasteiger charge is 2.27. The molecule has 2 aromatic rings. The van der Waals surface area contributed by atoms with E-state index in [9.17, 15) is 4.79 Å². The van der Waals surface area contributed by atoms with Crippen molar-refractivity contribution < 1.29 is 4.79 Å². The molecule has 0 spiro atoms. The first-order valence-corrected chi connectivity index (χ1v) is 9.02. The van der Waals surface area contributed by atoms with Crippen LogP contribution in [0.1, 0.15) is 24.5 Å². The average Bonchev–Trinajstić information content (AvgIpc) is 2.62. The molecule has 1 aliphatic rings. The Morgan fingerprint density at radius 1 is 1.08 bits per heavy atom. The molecule has 1 heterocycles. The van der Waals surface area contributed by atoms with E-state index in [1.807, 2.05) is 35.2 Å². The predicted octanol–water partition coefficient (Wildman–Crippen LogP) is 2.93. The fourth-order valence-electron chi connectivity index (χ4n) is 3.54. The Morgan fingerprint density at radius 3 is 2.52 bits per heavy atom. The maximum absolute atomic E-state index is 12.6. The summed E-state index contributed by atoms with van der Waals surface area (Å²) in [5.41, 5.74) is 9.14. The van der Waals surface area contributed by atoms with Crippen LogP contribution in [0, 0.1) is 0 Å². The van der Waals surface area contributed by atoms with Gasteiger partial charge in [-0.3, -0.25) is 9.69 Å². The number of aryl methyl sites for hydroxylation is 1. The maximum atomic E-state index is 12.6. The molecule has 0 radical (unpaired) electrons. The van der Waals surface area contributed by atoms with Crippen molar-refractivity contribution in [2.24, 2.45) is 0 Å². The van der Waals surface area contributed by atoms with Crippen molar-refractivity contribution in [1.29, 1.82) is 0 Å². The van der Waals surface area contributed by atoms with Crippen molar-refractivity contribution in [3.05, 3.63) is 65.7 Å². The van der Waals surface area contributed by atoms with Crippen molar-refractivity contribution >= 4 is 11.6 Å². The Labute approximate surface area is 150 Å². The van der Waals surface area contributed by atoms with Crippen molar-refractivity contribution in [3.63, 3.8) is 0 Å². The van der Waals surface area contributed by atoms with Crippen LogP contribution in [-0.4, -0.2) is 41.4 Å². The smallest absolute Gasteiger partial charge is 0.223 e. The largest absolute Gasteiger partial charge is 0.399 e. The molecule has 4 heteroatoms. The molecular formula is C21H27N3O. The first-order valence-electron chi connectivity index (χ1n) is 9.02. The molecule has 2 N–H and O–H groups in total. The Morgan fingerprint density at radius 2 is 1.80 bits per heavy atom. The SMILES string of the molecule is CC1CN(Cc2ccccc2)CCN1C(=O)CCc1ccccc1N. The minimum atomic E-state index is 0.232. The van der Waals surface area contributed by atoms with Gasteiger partial charge in [0.15, 0.2) is 0 Å². The second-order valence-electron chi connectivity index (χ2n) is 6.86. The molecule has 1 amide bonds. The molecule has 4 nitrogen and oxygen atoms in total. The third kappa shape index (κ3) is 4.60. The molecule has 0 aromatic heterocycles. The molecule has 2 aromatic carbocycles. The van der Waals surface area contributed by atoms with E-state index >= 15 is 0 Å². The summed E-state index contributed by atoms with van der Waals surface area (Å²) >= 11 is 0. The number of rotatable bonds is 5. The summed E-state index contributed by atoms with van der Waals surface area (Å²) in [6, 6.07) is 18.6. The van der Waals surface area contributed by atoms with E-state index in [2.05, 4.69) is 36.1 Å². The highest BCUT2D eigenvalue weighted by molar-refractivity contribution is 5.77. The number of nitrogens with two attached hydrogens (primary N) is 1. The van der Waals surface area contributed by atoms with Crippen LogP contribution in [0.2, 0.25) is 0 Å². The van der Waals surface area contributed by atoms with E-state index in [-0.39, 0.29) is 11.9 Å². The van der Waals surface area contributed by atoms with E-state index in [4.69, 9.17) is 5.73 Å². The zero-order chi connectivity index (χ0) is 17.6. The van der Waals surface area contributed by atoms with Crippen LogP contribution >= 0.6 is 0 Å². The summed E-state index contributed by atoms with van der Waals surface area (Å²) < 4.78 is 0. The lowest BCUT2D eigenvalue weighted by atomic mass is 10.1. The van der Waals surface area contributed by atoms with Crippen LogP contribution in [0.5, 0.6) is 0 Å². The van der Waals surface area contributed by atoms with Crippen LogP contribution < -0.4 is 5.73 Å². The van der Waals surface area contributed by atoms with Gasteiger partial charge in [-0.25, -0.2) is 0 Å². The molecule has 1 fully saturated rings. The van der Waals surface area contributed by atoms with Gasteiger partial charge in [0.05, 0.1) is 0 Å². The predicted molar refractivity (Wildman–Crippen MR) is 102 cm³/mol. The second-order valence-corrected chi connectivity index (χ2v) is 6.86. The van der Waals surface area contributed by atoms with Crippen LogP contribution in [0.3, 0.4) is 0 Å². The zero-order valence-electron chi connectivity index (χ0n) is 14.9. The molecule has 1 unspecified atom stereocenters. The monoisotopic (exact) mass is 337 g/mol. The summed E-state index contributed by atoms with van der Waals surface area (Å²) in [5.74, 6) is 0.232. The number of anilines is 1. The quantitative estimate of drug-likeness (QED) is 0.854. The van der Waals surface area contributed by atoms with E-state index in [0.717, 1.165) is 37.4 Å². The third-order valence-corrected chi connectivity index (χ3v) is 4.94. The molecule has 0 aliphatic carbocycles. The lowest BCUT2D eigenvalue weighted by molar-refractivity contribution is -0.135. The molecule has 1 aliphatic heterocycles. The minimum Gasteiger partial charge on any atom is -0.399 e. The van der Waals surface area contributed by atoms with Crippen molar-refractivity contribution in [3.8, 4) is 0 Å². The number of benzene rings is 2. The first-order chi connectivity index (χ1) is 12.1. The van der Waals surface area contributed by atoms with E-state index in [1.165, 1.54) is 5.56 Å². The Bertz CT molecular complexity index is 701. The highest BCUT2D eigenvalue weighted by Crippen LogP contribution is 2.17. The van der Waals surface area contributed by atoms with Crippen molar-refractivity contribution in [1.82, 2.24) is 9.80 Å². The fraction of sp³-hybridized carbons (Fsp3) is 0.381. The summed E-state index contributed by atoms with van der Waals surface area (Å²) in [6.45, 7) is 5.75. The molecule has 0 saturated carbocycles. The Kier molecular flexibility index (Phi) is 5.71. The molecule has 1 atom stereocenters. The topological polar surface area (TPSA) is 49.6 Å². The normalized spacial score (nSPS) is 18.3. The van der Waals surface area contributed by atoms with Crippen LogP contribution in [0.4, 0.5) is 5.69 Å². The fourth-order valence-corrected chi connectivity index (χ4v) is 3.54. The number of para-hydroxylation sites is 1. The zero-order valence-corrected chi connectivity index (χ0v) is 14.9. The standard InChI is InChI=1S/C21H27N3O/c1-17-15-23(16-18-7-3-2-4-8-18)13-14-24(17)21(25)12-11-19-9-5-6-10-20(19)22/h2-10,17H,11-16,22H2,1H3. The summed E-state index contributed by atoms with van der Waals surface area (Å²) in [7, 11) is 0. The second kappa shape index (κ2) is 8.17. The van der Waals surface area contributed by atoms with Crippen molar-refractivity contribution in [2.45, 2.75) is 32.4 Å². The number of nitrogen functional groups attached to an aromatic ring is 1. The van der Waals surface area contributed by atoms with E-state index < -0.39 is 0 Å². The highest BCUT2D eigenvalue weighted by atomic mass is 16.2. The van der Waals surface area contributed by atoms with E-state index in [0.29, 0.717) is 12.8 Å².